The van der Waals surface area contributed by atoms with Gasteiger partial charge in [0, 0.05) is 17.8 Å². The Kier molecular flexibility index (Phi) is 5.03. The summed E-state index contributed by atoms with van der Waals surface area (Å²) in [6.45, 7) is 0. The van der Waals surface area contributed by atoms with Crippen LogP contribution in [0.5, 0.6) is 17.2 Å². The first kappa shape index (κ1) is 14.4. The Morgan fingerprint density at radius 3 is 2.06 bits per heavy atom. The molecule has 0 aromatic heterocycles. The van der Waals surface area contributed by atoms with Crippen LogP contribution >= 0.6 is 11.6 Å². The fourth-order valence-electron chi connectivity index (χ4n) is 1.35. The third-order valence-corrected chi connectivity index (χ3v) is 2.33. The number of amides is 1. The van der Waals surface area contributed by atoms with Gasteiger partial charge in [0.15, 0.2) is 11.5 Å². The van der Waals surface area contributed by atoms with Crippen molar-refractivity contribution in [2.75, 3.05) is 26.6 Å². The van der Waals surface area contributed by atoms with E-state index in [1.54, 1.807) is 0 Å². The van der Waals surface area contributed by atoms with Crippen LogP contribution < -0.4 is 19.5 Å². The van der Waals surface area contributed by atoms with E-state index in [0.29, 0.717) is 17.2 Å². The van der Waals surface area contributed by atoms with Crippen molar-refractivity contribution < 1.29 is 23.4 Å². The molecule has 1 atom stereocenters. The lowest BCUT2D eigenvalue weighted by atomic mass is 10.2. The molecule has 1 unspecified atom stereocenters. The van der Waals surface area contributed by atoms with Gasteiger partial charge in [0.05, 0.1) is 21.3 Å². The minimum atomic E-state index is -2.12. The fourth-order valence-corrected chi connectivity index (χ4v) is 1.40. The first-order valence-corrected chi connectivity index (χ1v) is 5.36. The average Bonchev–Trinajstić information content (AvgIpc) is 2.37. The van der Waals surface area contributed by atoms with E-state index in [0.717, 1.165) is 0 Å². The number of carbonyl (C=O) groups excluding carboxylic acids is 1. The lowest BCUT2D eigenvalue weighted by Gasteiger charge is -2.14. The molecule has 0 heterocycles. The van der Waals surface area contributed by atoms with Crippen molar-refractivity contribution in [3.8, 4) is 17.2 Å². The van der Waals surface area contributed by atoms with Crippen molar-refractivity contribution in [3.63, 3.8) is 0 Å². The number of hydrogen-bond donors (Lipinski definition) is 1. The van der Waals surface area contributed by atoms with Crippen molar-refractivity contribution in [1.29, 1.82) is 0 Å². The Labute approximate surface area is 109 Å². The zero-order valence-corrected chi connectivity index (χ0v) is 10.9. The summed E-state index contributed by atoms with van der Waals surface area (Å²) >= 11 is 5.02. The largest absolute Gasteiger partial charge is 0.493 e. The van der Waals surface area contributed by atoms with E-state index in [2.05, 4.69) is 5.32 Å². The molecule has 0 radical (unpaired) electrons. The van der Waals surface area contributed by atoms with Crippen LogP contribution in [-0.4, -0.2) is 32.9 Å². The van der Waals surface area contributed by atoms with E-state index in [-0.39, 0.29) is 5.69 Å². The number of halogens is 2. The van der Waals surface area contributed by atoms with Crippen molar-refractivity contribution in [1.82, 2.24) is 0 Å². The highest BCUT2D eigenvalue weighted by Crippen LogP contribution is 2.39. The van der Waals surface area contributed by atoms with Gasteiger partial charge in [-0.25, -0.2) is 4.39 Å². The first-order valence-electron chi connectivity index (χ1n) is 4.92. The lowest BCUT2D eigenvalue weighted by molar-refractivity contribution is -0.118. The molecule has 1 amide bonds. The van der Waals surface area contributed by atoms with Crippen LogP contribution in [-0.2, 0) is 4.79 Å². The number of anilines is 1. The van der Waals surface area contributed by atoms with Gasteiger partial charge in [-0.2, -0.15) is 0 Å². The molecule has 0 saturated carbocycles. The molecule has 5 nitrogen and oxygen atoms in total. The van der Waals surface area contributed by atoms with Crippen LogP contribution in [0.1, 0.15) is 0 Å². The van der Waals surface area contributed by atoms with Gasteiger partial charge in [0.1, 0.15) is 0 Å². The molecule has 0 saturated heterocycles. The smallest absolute Gasteiger partial charge is 0.274 e. The maximum Gasteiger partial charge on any atom is 0.274 e. The highest BCUT2D eigenvalue weighted by atomic mass is 35.5. The normalized spacial score (nSPS) is 11.6. The molecule has 0 bridgehead atoms. The van der Waals surface area contributed by atoms with Gasteiger partial charge < -0.3 is 19.5 Å². The van der Waals surface area contributed by atoms with Gasteiger partial charge in [-0.05, 0) is 0 Å². The van der Waals surface area contributed by atoms with Crippen molar-refractivity contribution in [2.24, 2.45) is 0 Å². The fraction of sp³-hybridized carbons (Fsp3) is 0.364. The third-order valence-electron chi connectivity index (χ3n) is 2.13. The predicted octanol–water partition coefficient (Wildman–Crippen LogP) is 2.19. The Morgan fingerprint density at radius 1 is 1.22 bits per heavy atom. The average molecular weight is 278 g/mol. The van der Waals surface area contributed by atoms with E-state index >= 15 is 0 Å². The Bertz CT molecular complexity index is 414. The van der Waals surface area contributed by atoms with Gasteiger partial charge in [0.2, 0.25) is 5.75 Å². The second-order valence-electron chi connectivity index (χ2n) is 3.20. The number of nitrogens with one attached hydrogen (secondary N) is 1. The summed E-state index contributed by atoms with van der Waals surface area (Å²) in [6.07, 6.45) is 0. The van der Waals surface area contributed by atoms with Gasteiger partial charge in [-0.1, -0.05) is 11.6 Å². The highest BCUT2D eigenvalue weighted by molar-refractivity contribution is 6.31. The van der Waals surface area contributed by atoms with Crippen molar-refractivity contribution in [3.05, 3.63) is 12.1 Å². The number of benzene rings is 1. The van der Waals surface area contributed by atoms with E-state index in [1.807, 2.05) is 0 Å². The summed E-state index contributed by atoms with van der Waals surface area (Å²) in [5, 5.41) is 2.28. The van der Waals surface area contributed by atoms with Crippen LogP contribution in [0.25, 0.3) is 0 Å². The summed E-state index contributed by atoms with van der Waals surface area (Å²) in [6, 6.07) is 2.94. The molecule has 1 rings (SSSR count). The van der Waals surface area contributed by atoms with Gasteiger partial charge in [0.25, 0.3) is 11.5 Å². The molecular formula is C11H13ClFNO4. The Hall–Kier alpha value is -1.69. The number of alkyl halides is 2. The highest BCUT2D eigenvalue weighted by Gasteiger charge is 2.17. The van der Waals surface area contributed by atoms with Gasteiger partial charge >= 0.3 is 0 Å². The standard InChI is InChI=1S/C11H13ClFNO4/c1-16-7-4-6(14-11(15)10(12)13)5-8(17-2)9(7)18-3/h4-5,10H,1-3H3,(H,14,15). The molecule has 1 N–H and O–H groups in total. The number of methoxy groups -OCH3 is 3. The summed E-state index contributed by atoms with van der Waals surface area (Å²) in [4.78, 5) is 11.1. The summed E-state index contributed by atoms with van der Waals surface area (Å²) < 4.78 is 27.8. The SMILES string of the molecule is COc1cc(NC(=O)C(F)Cl)cc(OC)c1OC. The predicted molar refractivity (Wildman–Crippen MR) is 65.5 cm³/mol. The number of carbonyl (C=O) groups is 1. The van der Waals surface area contributed by atoms with Crippen LogP contribution in [0.4, 0.5) is 10.1 Å². The van der Waals surface area contributed by atoms with E-state index < -0.39 is 11.5 Å². The van der Waals surface area contributed by atoms with Gasteiger partial charge in [-0.15, -0.1) is 0 Å². The maximum atomic E-state index is 12.6. The Morgan fingerprint density at radius 2 is 1.72 bits per heavy atom. The maximum absolute atomic E-state index is 12.6. The van der Waals surface area contributed by atoms with Crippen molar-refractivity contribution >= 4 is 23.2 Å². The summed E-state index contributed by atoms with van der Waals surface area (Å²) in [7, 11) is 4.32. The molecule has 1 aromatic carbocycles. The zero-order valence-electron chi connectivity index (χ0n) is 10.1. The topological polar surface area (TPSA) is 56.8 Å². The van der Waals surface area contributed by atoms with Crippen molar-refractivity contribution in [2.45, 2.75) is 5.63 Å². The second-order valence-corrected chi connectivity index (χ2v) is 3.59. The van der Waals surface area contributed by atoms with Crippen LogP contribution in [0.15, 0.2) is 12.1 Å². The quantitative estimate of drug-likeness (QED) is 0.838. The number of ether oxygens (including phenoxy) is 3. The Balaban J connectivity index is 3.11. The molecule has 0 aliphatic carbocycles. The molecule has 1 aromatic rings. The molecule has 0 aliphatic rings. The monoisotopic (exact) mass is 277 g/mol. The second kappa shape index (κ2) is 6.30. The summed E-state index contributed by atoms with van der Waals surface area (Å²) in [5.41, 5.74) is -1.83. The molecule has 100 valence electrons. The summed E-state index contributed by atoms with van der Waals surface area (Å²) in [5.74, 6) is 0.0980. The van der Waals surface area contributed by atoms with Crippen LogP contribution in [0.2, 0.25) is 0 Å². The van der Waals surface area contributed by atoms with Gasteiger partial charge in [-0.3, -0.25) is 4.79 Å². The van der Waals surface area contributed by atoms with E-state index in [4.69, 9.17) is 25.8 Å². The minimum Gasteiger partial charge on any atom is -0.493 e. The molecule has 7 heteroatoms. The minimum absolute atomic E-state index is 0.290. The number of hydrogen-bond acceptors (Lipinski definition) is 4. The van der Waals surface area contributed by atoms with Crippen LogP contribution in [0, 0.1) is 0 Å². The van der Waals surface area contributed by atoms with E-state index in [1.165, 1.54) is 33.5 Å². The molecule has 18 heavy (non-hydrogen) atoms. The first-order chi connectivity index (χ1) is 8.53. The number of rotatable bonds is 5. The zero-order chi connectivity index (χ0) is 13.7. The van der Waals surface area contributed by atoms with E-state index in [9.17, 15) is 9.18 Å². The lowest BCUT2D eigenvalue weighted by Crippen LogP contribution is -2.19. The molecule has 0 aliphatic heterocycles. The molecular weight excluding hydrogens is 265 g/mol. The molecule has 0 fully saturated rings. The molecule has 0 spiro atoms. The third kappa shape index (κ3) is 3.16. The van der Waals surface area contributed by atoms with Crippen LogP contribution in [0.3, 0.4) is 0 Å².